The molecule has 0 atom stereocenters. The van der Waals surface area contributed by atoms with Crippen molar-refractivity contribution in [3.05, 3.63) is 41.3 Å². The van der Waals surface area contributed by atoms with Gasteiger partial charge in [-0.1, -0.05) is 19.9 Å². The van der Waals surface area contributed by atoms with Gasteiger partial charge in [0.2, 0.25) is 0 Å². The van der Waals surface area contributed by atoms with Crippen LogP contribution in [0.2, 0.25) is 0 Å². The van der Waals surface area contributed by atoms with Crippen LogP contribution in [0.25, 0.3) is 0 Å². The second kappa shape index (κ2) is 5.25. The lowest BCUT2D eigenvalue weighted by atomic mass is 9.78. The van der Waals surface area contributed by atoms with Gasteiger partial charge in [-0.05, 0) is 23.6 Å². The second-order valence-corrected chi connectivity index (χ2v) is 5.60. The number of benzene rings is 1. The molecule has 0 unspecified atom stereocenters. The van der Waals surface area contributed by atoms with Crippen LogP contribution in [0.4, 0.5) is 5.69 Å². The summed E-state index contributed by atoms with van der Waals surface area (Å²) in [6, 6.07) is 8.60. The average molecular weight is 269 g/mol. The maximum absolute atomic E-state index is 11.9. The molecule has 0 aromatic heterocycles. The quantitative estimate of drug-likeness (QED) is 0.828. The molecular weight excluding hydrogens is 254 g/mol. The summed E-state index contributed by atoms with van der Waals surface area (Å²) in [7, 11) is 0. The van der Waals surface area contributed by atoms with Gasteiger partial charge in [0.15, 0.2) is 11.5 Å². The van der Waals surface area contributed by atoms with E-state index in [1.54, 1.807) is 24.3 Å². The van der Waals surface area contributed by atoms with Gasteiger partial charge in [0.1, 0.15) is 5.76 Å². The number of aliphatic hydroxyl groups excluding tert-OH is 1. The zero-order chi connectivity index (χ0) is 14.8. The van der Waals surface area contributed by atoms with Crippen molar-refractivity contribution in [2.24, 2.45) is 15.6 Å². The third kappa shape index (κ3) is 3.09. The van der Waals surface area contributed by atoms with Crippen LogP contribution in [0, 0.1) is 16.7 Å². The summed E-state index contributed by atoms with van der Waals surface area (Å²) in [5, 5.41) is 26.5. The van der Waals surface area contributed by atoms with Gasteiger partial charge in [-0.3, -0.25) is 4.79 Å². The van der Waals surface area contributed by atoms with Crippen LogP contribution in [0.3, 0.4) is 0 Å². The van der Waals surface area contributed by atoms with Crippen molar-refractivity contribution in [3.63, 3.8) is 0 Å². The summed E-state index contributed by atoms with van der Waals surface area (Å²) in [5.41, 5.74) is 0.713. The van der Waals surface area contributed by atoms with E-state index < -0.39 is 0 Å². The fraction of sp³-hybridized carbons (Fsp3) is 0.333. The molecule has 0 amide bonds. The highest BCUT2D eigenvalue weighted by molar-refractivity contribution is 5.96. The van der Waals surface area contributed by atoms with Gasteiger partial charge >= 0.3 is 0 Å². The number of carbonyl (C=O) groups excluding carboxylic acids is 1. The lowest BCUT2D eigenvalue weighted by Crippen LogP contribution is -2.25. The average Bonchev–Trinajstić information content (AvgIpc) is 2.36. The van der Waals surface area contributed by atoms with Crippen molar-refractivity contribution in [1.82, 2.24) is 0 Å². The number of hydrogen-bond acceptors (Lipinski definition) is 5. The lowest BCUT2D eigenvalue weighted by molar-refractivity contribution is -0.118. The second-order valence-electron chi connectivity index (χ2n) is 5.60. The highest BCUT2D eigenvalue weighted by atomic mass is 16.3. The van der Waals surface area contributed by atoms with Crippen molar-refractivity contribution in [3.8, 4) is 6.07 Å². The van der Waals surface area contributed by atoms with Gasteiger partial charge in [0.25, 0.3) is 0 Å². The fourth-order valence-corrected chi connectivity index (χ4v) is 2.14. The maximum Gasteiger partial charge on any atom is 0.187 e. The number of carbonyl (C=O) groups is 1. The molecule has 0 fully saturated rings. The SMILES string of the molecule is CC1(C)CC(=O)C(N=Nc2cccc(C#N)c2)=C(O)C1. The Morgan fingerprint density at radius 3 is 2.70 bits per heavy atom. The first-order chi connectivity index (χ1) is 9.41. The van der Waals surface area contributed by atoms with Crippen molar-refractivity contribution in [1.29, 1.82) is 5.26 Å². The van der Waals surface area contributed by atoms with E-state index in [4.69, 9.17) is 5.26 Å². The largest absolute Gasteiger partial charge is 0.510 e. The first-order valence-electron chi connectivity index (χ1n) is 6.28. The van der Waals surface area contributed by atoms with Gasteiger partial charge in [0, 0.05) is 12.8 Å². The third-order valence-corrected chi connectivity index (χ3v) is 3.06. The summed E-state index contributed by atoms with van der Waals surface area (Å²) < 4.78 is 0. The van der Waals surface area contributed by atoms with Gasteiger partial charge in [-0.15, -0.1) is 5.11 Å². The monoisotopic (exact) mass is 269 g/mol. The molecule has 0 saturated heterocycles. The van der Waals surface area contributed by atoms with Gasteiger partial charge in [0.05, 0.1) is 17.3 Å². The minimum Gasteiger partial charge on any atom is -0.510 e. The molecule has 0 heterocycles. The molecule has 0 bridgehead atoms. The topological polar surface area (TPSA) is 85.8 Å². The number of rotatable bonds is 2. The molecule has 2 rings (SSSR count). The molecule has 1 aromatic carbocycles. The molecule has 1 aliphatic carbocycles. The molecule has 1 N–H and O–H groups in total. The zero-order valence-corrected chi connectivity index (χ0v) is 11.4. The minimum atomic E-state index is -0.249. The van der Waals surface area contributed by atoms with Crippen LogP contribution >= 0.6 is 0 Å². The van der Waals surface area contributed by atoms with Crippen LogP contribution in [-0.4, -0.2) is 10.9 Å². The van der Waals surface area contributed by atoms with E-state index in [0.717, 1.165) is 0 Å². The van der Waals surface area contributed by atoms with Crippen molar-refractivity contribution in [2.75, 3.05) is 0 Å². The Morgan fingerprint density at radius 1 is 1.30 bits per heavy atom. The third-order valence-electron chi connectivity index (χ3n) is 3.06. The first-order valence-corrected chi connectivity index (χ1v) is 6.28. The predicted molar refractivity (Wildman–Crippen MR) is 73.3 cm³/mol. The fourth-order valence-electron chi connectivity index (χ4n) is 2.14. The molecule has 0 saturated carbocycles. The number of nitriles is 1. The van der Waals surface area contributed by atoms with Gasteiger partial charge in [-0.2, -0.15) is 10.4 Å². The number of nitrogens with zero attached hydrogens (tertiary/aromatic N) is 3. The number of allylic oxidation sites excluding steroid dienone is 2. The van der Waals surface area contributed by atoms with E-state index in [9.17, 15) is 9.90 Å². The summed E-state index contributed by atoms with van der Waals surface area (Å²) in [6.07, 6.45) is 0.745. The van der Waals surface area contributed by atoms with Crippen molar-refractivity contribution in [2.45, 2.75) is 26.7 Å². The van der Waals surface area contributed by atoms with E-state index >= 15 is 0 Å². The lowest BCUT2D eigenvalue weighted by Gasteiger charge is -2.27. The molecule has 0 radical (unpaired) electrons. The van der Waals surface area contributed by atoms with Crippen LogP contribution in [0.1, 0.15) is 32.3 Å². The molecule has 5 heteroatoms. The Labute approximate surface area is 117 Å². The number of Topliss-reactive ketones (excluding diaryl/α,β-unsaturated/α-hetero) is 1. The van der Waals surface area contributed by atoms with Gasteiger partial charge in [-0.25, -0.2) is 0 Å². The molecule has 102 valence electrons. The zero-order valence-electron chi connectivity index (χ0n) is 11.4. The number of ketones is 1. The molecule has 0 spiro atoms. The van der Waals surface area contributed by atoms with Crippen LogP contribution < -0.4 is 0 Å². The number of aliphatic hydroxyl groups is 1. The van der Waals surface area contributed by atoms with Crippen LogP contribution in [-0.2, 0) is 4.79 Å². The Bertz CT molecular complexity index is 651. The van der Waals surface area contributed by atoms with E-state index in [-0.39, 0.29) is 22.7 Å². The molecular formula is C15H15N3O2. The summed E-state index contributed by atoms with van der Waals surface area (Å²) in [6.45, 7) is 3.84. The van der Waals surface area contributed by atoms with Crippen molar-refractivity contribution < 1.29 is 9.90 Å². The van der Waals surface area contributed by atoms with E-state index in [1.807, 2.05) is 19.9 Å². The number of hydrogen-bond donors (Lipinski definition) is 1. The summed E-state index contributed by atoms with van der Waals surface area (Å²) in [4.78, 5) is 11.9. The van der Waals surface area contributed by atoms with E-state index in [2.05, 4.69) is 10.2 Å². The maximum atomic E-state index is 11.9. The molecule has 1 aromatic rings. The molecule has 1 aliphatic rings. The first kappa shape index (κ1) is 13.9. The Hall–Kier alpha value is -2.48. The highest BCUT2D eigenvalue weighted by Gasteiger charge is 2.33. The summed E-state index contributed by atoms with van der Waals surface area (Å²) >= 11 is 0. The Kier molecular flexibility index (Phi) is 3.66. The van der Waals surface area contributed by atoms with Crippen LogP contribution in [0.5, 0.6) is 0 Å². The standard InChI is InChI=1S/C15H15N3O2/c1-15(2)7-12(19)14(13(20)8-15)18-17-11-5-3-4-10(6-11)9-16/h3-6,19H,7-8H2,1-2H3. The highest BCUT2D eigenvalue weighted by Crippen LogP contribution is 2.36. The Morgan fingerprint density at radius 2 is 2.05 bits per heavy atom. The summed E-state index contributed by atoms with van der Waals surface area (Å²) in [5.74, 6) is -0.231. The smallest absolute Gasteiger partial charge is 0.187 e. The number of azo groups is 1. The minimum absolute atomic E-state index is 0.0201. The van der Waals surface area contributed by atoms with Crippen molar-refractivity contribution >= 4 is 11.5 Å². The van der Waals surface area contributed by atoms with E-state index in [0.29, 0.717) is 24.1 Å². The van der Waals surface area contributed by atoms with E-state index in [1.165, 1.54) is 0 Å². The predicted octanol–water partition coefficient (Wildman–Crippen LogP) is 3.80. The Balaban J connectivity index is 2.27. The normalized spacial score (nSPS) is 18.4. The molecule has 5 nitrogen and oxygen atoms in total. The molecule has 0 aliphatic heterocycles. The molecule has 20 heavy (non-hydrogen) atoms. The van der Waals surface area contributed by atoms with Crippen LogP contribution in [0.15, 0.2) is 46.0 Å². The van der Waals surface area contributed by atoms with Gasteiger partial charge < -0.3 is 5.11 Å².